The van der Waals surface area contributed by atoms with E-state index in [1.807, 2.05) is 18.2 Å². The quantitative estimate of drug-likeness (QED) is 0.179. The first kappa shape index (κ1) is 29.1. The summed E-state index contributed by atoms with van der Waals surface area (Å²) >= 11 is 0. The summed E-state index contributed by atoms with van der Waals surface area (Å²) in [4.78, 5) is 10.5. The molecule has 218 valence electrons. The fraction of sp³-hybridized carbons (Fsp3) is 0.211. The molecule has 0 amide bonds. The van der Waals surface area contributed by atoms with Crippen molar-refractivity contribution < 1.29 is 26.2 Å². The molecule has 0 radical (unpaired) electrons. The Morgan fingerprint density at radius 3 is 2.21 bits per heavy atom. The predicted octanol–water partition coefficient (Wildman–Crippen LogP) is 9.27. The molecule has 0 aliphatic heterocycles. The number of aryl methyl sites for hydroxylation is 2. The van der Waals surface area contributed by atoms with Crippen molar-refractivity contribution >= 4 is 10.8 Å². The number of phenols is 1. The van der Waals surface area contributed by atoms with Crippen LogP contribution in [0.4, 0.5) is 0 Å². The third-order valence-electron chi connectivity index (χ3n) is 8.50. The van der Waals surface area contributed by atoms with Crippen molar-refractivity contribution in [2.24, 2.45) is 0 Å². The summed E-state index contributed by atoms with van der Waals surface area (Å²) in [5.74, 6) is 1.81. The molecule has 4 nitrogen and oxygen atoms in total. The fourth-order valence-corrected chi connectivity index (χ4v) is 6.38. The molecule has 0 bridgehead atoms. The molecule has 1 N–H and O–H groups in total. The van der Waals surface area contributed by atoms with Crippen molar-refractivity contribution in [2.45, 2.75) is 52.4 Å². The number of rotatable bonds is 5. The van der Waals surface area contributed by atoms with Crippen molar-refractivity contribution in [3.63, 3.8) is 0 Å². The van der Waals surface area contributed by atoms with E-state index >= 15 is 0 Å². The van der Waals surface area contributed by atoms with Crippen LogP contribution in [0.1, 0.15) is 61.8 Å². The second-order valence-corrected chi connectivity index (χ2v) is 11.9. The zero-order valence-corrected chi connectivity index (χ0v) is 27.1. The van der Waals surface area contributed by atoms with Crippen molar-refractivity contribution in [3.8, 4) is 45.5 Å². The number of para-hydroxylation sites is 1. The van der Waals surface area contributed by atoms with Gasteiger partial charge >= 0.3 is 0 Å². The molecule has 0 spiro atoms. The van der Waals surface area contributed by atoms with Crippen LogP contribution in [-0.4, -0.2) is 19.6 Å². The van der Waals surface area contributed by atoms with E-state index < -0.39 is 0 Å². The molecular formula is C38H34N3OPt-. The van der Waals surface area contributed by atoms with Gasteiger partial charge in [-0.3, -0.25) is 0 Å². The van der Waals surface area contributed by atoms with Crippen LogP contribution in [0.2, 0.25) is 0 Å². The van der Waals surface area contributed by atoms with Gasteiger partial charge in [0.25, 0.3) is 0 Å². The Morgan fingerprint density at radius 1 is 0.744 bits per heavy atom. The molecule has 0 atom stereocenters. The van der Waals surface area contributed by atoms with Gasteiger partial charge in [-0.15, -0.1) is 35.0 Å². The number of aromatic nitrogens is 3. The van der Waals surface area contributed by atoms with Crippen LogP contribution in [0, 0.1) is 6.07 Å². The smallest absolute Gasteiger partial charge is 0.125 e. The number of nitrogens with zero attached hydrogens (tertiary/aromatic N) is 3. The summed E-state index contributed by atoms with van der Waals surface area (Å²) in [5, 5.41) is 13.0. The Balaban J connectivity index is 0.00000329. The van der Waals surface area contributed by atoms with Crippen LogP contribution >= 0.6 is 0 Å². The Kier molecular flexibility index (Phi) is 7.83. The minimum absolute atomic E-state index is 0. The van der Waals surface area contributed by atoms with Crippen molar-refractivity contribution in [1.29, 1.82) is 0 Å². The van der Waals surface area contributed by atoms with E-state index in [0.717, 1.165) is 68.8 Å². The molecule has 0 unspecified atom stereocenters. The van der Waals surface area contributed by atoms with E-state index in [9.17, 15) is 5.11 Å². The number of fused-ring (bicyclic) bond motifs is 4. The first-order valence-corrected chi connectivity index (χ1v) is 14.8. The molecule has 1 aliphatic carbocycles. The first-order valence-electron chi connectivity index (χ1n) is 14.8. The first-order chi connectivity index (χ1) is 20.4. The predicted molar refractivity (Wildman–Crippen MR) is 171 cm³/mol. The van der Waals surface area contributed by atoms with E-state index in [1.165, 1.54) is 16.8 Å². The maximum Gasteiger partial charge on any atom is 0.125 e. The summed E-state index contributed by atoms with van der Waals surface area (Å²) in [5.41, 5.74) is 10.4. The van der Waals surface area contributed by atoms with Gasteiger partial charge in [-0.05, 0) is 59.1 Å². The van der Waals surface area contributed by atoms with Crippen LogP contribution in [0.25, 0.3) is 50.5 Å². The number of imidazole rings is 1. The Morgan fingerprint density at radius 2 is 1.44 bits per heavy atom. The summed E-state index contributed by atoms with van der Waals surface area (Å²) in [6, 6.07) is 32.6. The topological polar surface area (TPSA) is 50.9 Å². The van der Waals surface area contributed by atoms with Gasteiger partial charge in [-0.1, -0.05) is 87.9 Å². The van der Waals surface area contributed by atoms with E-state index in [0.29, 0.717) is 11.8 Å². The van der Waals surface area contributed by atoms with Crippen LogP contribution in [0.3, 0.4) is 0 Å². The van der Waals surface area contributed by atoms with Crippen molar-refractivity contribution in [2.75, 3.05) is 0 Å². The van der Waals surface area contributed by atoms with Gasteiger partial charge in [0, 0.05) is 32.8 Å². The van der Waals surface area contributed by atoms with Gasteiger partial charge in [0.15, 0.2) is 0 Å². The fourth-order valence-electron chi connectivity index (χ4n) is 6.38. The largest absolute Gasteiger partial charge is 0.507 e. The number of hydrogen-bond donors (Lipinski definition) is 1. The molecule has 2 aromatic heterocycles. The van der Waals surface area contributed by atoms with E-state index in [1.54, 1.807) is 6.07 Å². The Labute approximate surface area is 267 Å². The molecule has 43 heavy (non-hydrogen) atoms. The average Bonchev–Trinajstić information content (AvgIpc) is 3.45. The molecule has 5 heteroatoms. The van der Waals surface area contributed by atoms with E-state index in [-0.39, 0.29) is 26.8 Å². The SMILES string of the molecule is CC(C)c1cccc(C(C)C)c1-n1cc(-c2ccc3c(n2)-c2c(O)cccc2CC3)nc1-c1cccc2ccc[c-]c12.[Pt]. The second-order valence-electron chi connectivity index (χ2n) is 11.9. The van der Waals surface area contributed by atoms with E-state index in [2.05, 4.69) is 105 Å². The minimum atomic E-state index is 0. The molecule has 0 fully saturated rings. The summed E-state index contributed by atoms with van der Waals surface area (Å²) in [6.45, 7) is 9.00. The standard InChI is InChI=1S/C38H34N3O.Pt/c1-23(2)28-14-9-15-29(24(3)4)37(28)41-22-33(40-38(41)31-16-7-11-25-10-5-6-13-30(25)31)32-21-20-27-19-18-26-12-8-17-34(42)35(26)36(27)39-32;/h5-12,14-17,20-24,42H,18-19H2,1-4H3;/q-1;. The van der Waals surface area contributed by atoms with Gasteiger partial charge in [-0.2, -0.15) is 0 Å². The normalized spacial score (nSPS) is 12.3. The van der Waals surface area contributed by atoms with Crippen LogP contribution in [0.5, 0.6) is 5.75 Å². The second kappa shape index (κ2) is 11.6. The minimum Gasteiger partial charge on any atom is -0.507 e. The number of benzene rings is 4. The summed E-state index contributed by atoms with van der Waals surface area (Å²) in [6.07, 6.45) is 3.95. The monoisotopic (exact) mass is 743 g/mol. The Bertz CT molecular complexity index is 1940. The molecular weight excluding hydrogens is 710 g/mol. The maximum absolute atomic E-state index is 10.8. The number of pyridine rings is 1. The molecule has 0 saturated heterocycles. The summed E-state index contributed by atoms with van der Waals surface area (Å²) < 4.78 is 2.28. The number of phenolic OH excluding ortho intramolecular Hbond substituents is 1. The van der Waals surface area contributed by atoms with Gasteiger partial charge < -0.3 is 9.67 Å². The maximum atomic E-state index is 10.8. The molecule has 4 aromatic carbocycles. The average molecular weight is 744 g/mol. The molecule has 0 saturated carbocycles. The molecule has 7 rings (SSSR count). The van der Waals surface area contributed by atoms with Crippen LogP contribution < -0.4 is 0 Å². The Hall–Kier alpha value is -4.01. The third kappa shape index (κ3) is 5.02. The van der Waals surface area contributed by atoms with Crippen molar-refractivity contribution in [3.05, 3.63) is 119 Å². The van der Waals surface area contributed by atoms with E-state index in [4.69, 9.17) is 9.97 Å². The summed E-state index contributed by atoms with van der Waals surface area (Å²) in [7, 11) is 0. The van der Waals surface area contributed by atoms with Gasteiger partial charge in [-0.25, -0.2) is 9.97 Å². The van der Waals surface area contributed by atoms with Gasteiger partial charge in [0.1, 0.15) is 17.3 Å². The van der Waals surface area contributed by atoms with Crippen molar-refractivity contribution in [1.82, 2.24) is 14.5 Å². The molecule has 1 aliphatic rings. The molecule has 2 heterocycles. The number of aromatic hydroxyl groups is 1. The zero-order chi connectivity index (χ0) is 29.0. The third-order valence-corrected chi connectivity index (χ3v) is 8.50. The van der Waals surface area contributed by atoms with Crippen LogP contribution in [0.15, 0.2) is 91.1 Å². The molecule has 6 aromatic rings. The van der Waals surface area contributed by atoms with Gasteiger partial charge in [0.2, 0.25) is 0 Å². The number of hydrogen-bond acceptors (Lipinski definition) is 3. The van der Waals surface area contributed by atoms with Crippen LogP contribution in [-0.2, 0) is 33.9 Å². The van der Waals surface area contributed by atoms with Gasteiger partial charge in [0.05, 0.1) is 17.1 Å². The zero-order valence-electron chi connectivity index (χ0n) is 24.8.